The molecule has 1 aromatic heterocycles. The first kappa shape index (κ1) is 12.1. The summed E-state index contributed by atoms with van der Waals surface area (Å²) < 4.78 is 0. The highest BCUT2D eigenvalue weighted by molar-refractivity contribution is 5.60. The number of aromatic nitrogens is 2. The molecule has 4 N–H and O–H groups in total. The first-order valence-corrected chi connectivity index (χ1v) is 6.10. The Morgan fingerprint density at radius 3 is 2.82 bits per heavy atom. The molecule has 94 valence electrons. The maximum atomic E-state index is 9.63. The van der Waals surface area contributed by atoms with Crippen molar-refractivity contribution < 1.29 is 5.11 Å². The highest BCUT2D eigenvalue weighted by Crippen LogP contribution is 2.34. The van der Waals surface area contributed by atoms with Gasteiger partial charge >= 0.3 is 0 Å². The van der Waals surface area contributed by atoms with Gasteiger partial charge in [0.1, 0.15) is 6.33 Å². The summed E-state index contributed by atoms with van der Waals surface area (Å²) >= 11 is 0. The molecule has 0 aromatic carbocycles. The maximum Gasteiger partial charge on any atom is 0.153 e. The Labute approximate surface area is 101 Å². The predicted octanol–water partition coefficient (Wildman–Crippen LogP) is 1.41. The van der Waals surface area contributed by atoms with E-state index in [9.17, 15) is 5.11 Å². The molecule has 1 fully saturated rings. The first-order chi connectivity index (χ1) is 8.15. The van der Waals surface area contributed by atoms with Crippen LogP contribution in [-0.4, -0.2) is 27.2 Å². The molecule has 0 bridgehead atoms. The Balaban J connectivity index is 2.12. The number of hydrogen-bond acceptors (Lipinski definition) is 5. The van der Waals surface area contributed by atoms with Gasteiger partial charge in [-0.1, -0.05) is 6.92 Å². The lowest BCUT2D eigenvalue weighted by Gasteiger charge is -2.39. The molecule has 0 amide bonds. The highest BCUT2D eigenvalue weighted by atomic mass is 16.3. The van der Waals surface area contributed by atoms with Gasteiger partial charge in [-0.25, -0.2) is 9.97 Å². The SMILES string of the molecule is CC1CCC(CO)(Nc2ncncc2N)CC1. The summed E-state index contributed by atoms with van der Waals surface area (Å²) in [6.07, 6.45) is 7.19. The van der Waals surface area contributed by atoms with E-state index in [1.165, 1.54) is 6.33 Å². The van der Waals surface area contributed by atoms with Crippen molar-refractivity contribution in [3.8, 4) is 0 Å². The minimum absolute atomic E-state index is 0.114. The van der Waals surface area contributed by atoms with Crippen LogP contribution in [0.1, 0.15) is 32.6 Å². The van der Waals surface area contributed by atoms with Crippen LogP contribution in [0.3, 0.4) is 0 Å². The lowest BCUT2D eigenvalue weighted by Crippen LogP contribution is -2.45. The summed E-state index contributed by atoms with van der Waals surface area (Å²) in [4.78, 5) is 7.99. The summed E-state index contributed by atoms with van der Waals surface area (Å²) in [5.41, 5.74) is 6.07. The standard InChI is InChI=1S/C12H20N4O/c1-9-2-4-12(7-17,5-3-9)16-11-10(13)6-14-8-15-11/h6,8-9,17H,2-5,7,13H2,1H3,(H,14,15,16). The second-order valence-corrected chi connectivity index (χ2v) is 5.07. The van der Waals surface area contributed by atoms with Gasteiger partial charge in [0, 0.05) is 0 Å². The van der Waals surface area contributed by atoms with E-state index in [0.29, 0.717) is 11.5 Å². The second kappa shape index (κ2) is 4.87. The molecule has 0 aliphatic heterocycles. The van der Waals surface area contributed by atoms with Crippen molar-refractivity contribution in [2.45, 2.75) is 38.1 Å². The van der Waals surface area contributed by atoms with E-state index in [-0.39, 0.29) is 12.1 Å². The summed E-state index contributed by atoms with van der Waals surface area (Å²) in [5.74, 6) is 1.36. The number of rotatable bonds is 3. The van der Waals surface area contributed by atoms with Gasteiger partial charge in [0.15, 0.2) is 5.82 Å². The van der Waals surface area contributed by atoms with Crippen LogP contribution in [0.25, 0.3) is 0 Å². The van der Waals surface area contributed by atoms with Crippen LogP contribution in [-0.2, 0) is 0 Å². The Hall–Kier alpha value is -1.36. The van der Waals surface area contributed by atoms with Gasteiger partial charge in [0.05, 0.1) is 24.0 Å². The summed E-state index contributed by atoms with van der Waals surface area (Å²) in [6, 6.07) is 0. The Morgan fingerprint density at radius 2 is 2.24 bits per heavy atom. The van der Waals surface area contributed by atoms with Gasteiger partial charge in [-0.05, 0) is 31.6 Å². The molecule has 0 unspecified atom stereocenters. The van der Waals surface area contributed by atoms with Crippen molar-refractivity contribution in [2.24, 2.45) is 5.92 Å². The van der Waals surface area contributed by atoms with Gasteiger partial charge in [0.25, 0.3) is 0 Å². The highest BCUT2D eigenvalue weighted by Gasteiger charge is 2.34. The van der Waals surface area contributed by atoms with E-state index in [1.807, 2.05) is 0 Å². The largest absolute Gasteiger partial charge is 0.394 e. The smallest absolute Gasteiger partial charge is 0.153 e. The molecule has 0 spiro atoms. The van der Waals surface area contributed by atoms with E-state index in [4.69, 9.17) is 5.73 Å². The number of aliphatic hydroxyl groups is 1. The number of nitrogens with two attached hydrogens (primary N) is 1. The van der Waals surface area contributed by atoms with Crippen LogP contribution in [0.15, 0.2) is 12.5 Å². The number of nitrogens with one attached hydrogen (secondary N) is 1. The zero-order chi connectivity index (χ0) is 12.3. The van der Waals surface area contributed by atoms with Gasteiger partial charge in [-0.2, -0.15) is 0 Å². The van der Waals surface area contributed by atoms with E-state index >= 15 is 0 Å². The molecule has 17 heavy (non-hydrogen) atoms. The van der Waals surface area contributed by atoms with Gasteiger partial charge in [0.2, 0.25) is 0 Å². The van der Waals surface area contributed by atoms with Crippen LogP contribution in [0.4, 0.5) is 11.5 Å². The van der Waals surface area contributed by atoms with E-state index < -0.39 is 0 Å². The van der Waals surface area contributed by atoms with Crippen molar-refractivity contribution in [1.82, 2.24) is 9.97 Å². The third-order valence-electron chi connectivity index (χ3n) is 3.66. The molecular weight excluding hydrogens is 216 g/mol. The van der Waals surface area contributed by atoms with Crippen LogP contribution >= 0.6 is 0 Å². The Kier molecular flexibility index (Phi) is 3.47. The topological polar surface area (TPSA) is 84.1 Å². The molecule has 1 heterocycles. The third-order valence-corrected chi connectivity index (χ3v) is 3.66. The van der Waals surface area contributed by atoms with Gasteiger partial charge < -0.3 is 16.2 Å². The van der Waals surface area contributed by atoms with Crippen molar-refractivity contribution in [1.29, 1.82) is 0 Å². The molecule has 2 rings (SSSR count). The number of nitrogens with zero attached hydrogens (tertiary/aromatic N) is 2. The predicted molar refractivity (Wildman–Crippen MR) is 67.5 cm³/mol. The lowest BCUT2D eigenvalue weighted by atomic mass is 9.77. The minimum Gasteiger partial charge on any atom is -0.394 e. The fraction of sp³-hybridized carbons (Fsp3) is 0.667. The van der Waals surface area contributed by atoms with Crippen LogP contribution in [0, 0.1) is 5.92 Å². The van der Waals surface area contributed by atoms with Crippen molar-refractivity contribution >= 4 is 11.5 Å². The molecule has 5 heteroatoms. The molecular formula is C12H20N4O. The number of aliphatic hydroxyl groups excluding tert-OH is 1. The fourth-order valence-corrected chi connectivity index (χ4v) is 2.33. The molecule has 5 nitrogen and oxygen atoms in total. The zero-order valence-corrected chi connectivity index (χ0v) is 10.2. The van der Waals surface area contributed by atoms with Crippen LogP contribution < -0.4 is 11.1 Å². The fourth-order valence-electron chi connectivity index (χ4n) is 2.33. The monoisotopic (exact) mass is 236 g/mol. The first-order valence-electron chi connectivity index (χ1n) is 6.10. The molecule has 0 atom stereocenters. The molecule has 0 radical (unpaired) electrons. The van der Waals surface area contributed by atoms with Crippen molar-refractivity contribution in [3.63, 3.8) is 0 Å². The number of hydrogen-bond donors (Lipinski definition) is 3. The average molecular weight is 236 g/mol. The Bertz CT molecular complexity index is 375. The molecule has 1 aromatic rings. The Morgan fingerprint density at radius 1 is 1.53 bits per heavy atom. The summed E-state index contributed by atoms with van der Waals surface area (Å²) in [7, 11) is 0. The van der Waals surface area contributed by atoms with Crippen LogP contribution in [0.5, 0.6) is 0 Å². The lowest BCUT2D eigenvalue weighted by molar-refractivity contribution is 0.155. The molecule has 1 saturated carbocycles. The van der Waals surface area contributed by atoms with Gasteiger partial charge in [-0.3, -0.25) is 0 Å². The zero-order valence-electron chi connectivity index (χ0n) is 10.2. The summed E-state index contributed by atoms with van der Waals surface area (Å²) in [6.45, 7) is 2.36. The quantitative estimate of drug-likeness (QED) is 0.739. The maximum absolute atomic E-state index is 9.63. The second-order valence-electron chi connectivity index (χ2n) is 5.07. The van der Waals surface area contributed by atoms with E-state index in [0.717, 1.165) is 31.6 Å². The minimum atomic E-state index is -0.269. The molecule has 0 saturated heterocycles. The van der Waals surface area contributed by atoms with Crippen LogP contribution in [0.2, 0.25) is 0 Å². The van der Waals surface area contributed by atoms with Crippen molar-refractivity contribution in [2.75, 3.05) is 17.7 Å². The van der Waals surface area contributed by atoms with E-state index in [1.54, 1.807) is 6.20 Å². The molecule has 1 aliphatic rings. The normalized spacial score (nSPS) is 28.9. The number of nitrogen functional groups attached to an aromatic ring is 1. The molecule has 1 aliphatic carbocycles. The van der Waals surface area contributed by atoms with E-state index in [2.05, 4.69) is 22.2 Å². The third kappa shape index (κ3) is 2.66. The van der Waals surface area contributed by atoms with Crippen molar-refractivity contribution in [3.05, 3.63) is 12.5 Å². The average Bonchev–Trinajstić information content (AvgIpc) is 2.35. The van der Waals surface area contributed by atoms with Gasteiger partial charge in [-0.15, -0.1) is 0 Å². The number of anilines is 2. The summed E-state index contributed by atoms with van der Waals surface area (Å²) in [5, 5.41) is 12.9.